The summed E-state index contributed by atoms with van der Waals surface area (Å²) in [5, 5.41) is 32.6. The van der Waals surface area contributed by atoms with E-state index in [-0.39, 0.29) is 25.1 Å². The van der Waals surface area contributed by atoms with Crippen molar-refractivity contribution in [2.45, 2.75) is 56.6 Å². The molecule has 2 fully saturated rings. The number of imide groups is 1. The largest absolute Gasteiger partial charge is 0.490 e. The smallest absolute Gasteiger partial charge is 0.394 e. The SMILES string of the molecule is CC1=C[N+](C2CN(CCCCN)CC(CO)(OP(=O)(O)OP(=O)(O)OP(=O)(O)O)O2)([C@H]2C[C@H](O)[C@@H](CO)O2)C(=O)NC1=O. The summed E-state index contributed by atoms with van der Waals surface area (Å²) in [6.45, 7) is -0.766. The molecule has 43 heavy (non-hydrogen) atoms. The molecule has 8 atom stereocenters. The Morgan fingerprint density at radius 1 is 1.12 bits per heavy atom. The average molecular weight is 685 g/mol. The van der Waals surface area contributed by atoms with Crippen molar-refractivity contribution in [3.63, 3.8) is 0 Å². The number of morpholine rings is 1. The maximum absolute atomic E-state index is 13.6. The fraction of sp³-hybridized carbons (Fsp3) is 0.789. The number of ether oxygens (including phenoxy) is 2. The van der Waals surface area contributed by atoms with Gasteiger partial charge in [0.15, 0.2) is 0 Å². The highest BCUT2D eigenvalue weighted by Crippen LogP contribution is 2.67. The zero-order valence-corrected chi connectivity index (χ0v) is 25.5. The van der Waals surface area contributed by atoms with Crippen LogP contribution < -0.4 is 11.1 Å². The summed E-state index contributed by atoms with van der Waals surface area (Å²) < 4.78 is 59.0. The summed E-state index contributed by atoms with van der Waals surface area (Å²) in [5.41, 5.74) is 5.57. The lowest BCUT2D eigenvalue weighted by Gasteiger charge is -2.51. The minimum atomic E-state index is -5.95. The van der Waals surface area contributed by atoms with E-state index in [1.165, 1.54) is 18.0 Å². The van der Waals surface area contributed by atoms with E-state index in [0.29, 0.717) is 19.4 Å². The van der Waals surface area contributed by atoms with E-state index in [1.54, 1.807) is 0 Å². The third-order valence-corrected chi connectivity index (χ3v) is 10.7. The van der Waals surface area contributed by atoms with Gasteiger partial charge in [0.05, 0.1) is 44.4 Å². The quantitative estimate of drug-likeness (QED) is 0.0535. The van der Waals surface area contributed by atoms with Gasteiger partial charge in [-0.3, -0.25) is 14.4 Å². The summed E-state index contributed by atoms with van der Waals surface area (Å²) in [5.74, 6) is -3.39. The highest BCUT2D eigenvalue weighted by molar-refractivity contribution is 7.66. The van der Waals surface area contributed by atoms with Gasteiger partial charge in [0.1, 0.15) is 12.3 Å². The van der Waals surface area contributed by atoms with Crippen LogP contribution in [0.4, 0.5) is 4.79 Å². The lowest BCUT2D eigenvalue weighted by atomic mass is 10.1. The molecular formula is C19H36N4O17P3+. The molecule has 0 spiro atoms. The maximum Gasteiger partial charge on any atom is 0.490 e. The van der Waals surface area contributed by atoms with Crippen LogP contribution in [0.15, 0.2) is 11.8 Å². The van der Waals surface area contributed by atoms with E-state index in [4.69, 9.17) is 29.5 Å². The molecule has 248 valence electrons. The predicted octanol–water partition coefficient (Wildman–Crippen LogP) is -2.15. The number of hydrogen-bond donors (Lipinski definition) is 9. The van der Waals surface area contributed by atoms with Gasteiger partial charge in [0.25, 0.3) is 5.91 Å². The Balaban J connectivity index is 2.07. The Labute approximate surface area is 244 Å². The standard InChI is InChI=1S/C19H35N4O17P3/c1-12-8-23(18(28)21-17(12)27,15-6-13(26)14(9-24)36-15)16-7-22(5-3-2-4-20)10-19(11-25,37-16)38-42(32,33)40-43(34,35)39-41(29,30)31/h8,13-16,24-26H,2-7,9-11,20H2,1H3,(H4-,21,27,28,29,30,31,32,33,34,35)/p+1/t13-,14+,15+,16?,19?,23?/m0/s1. The van der Waals surface area contributed by atoms with E-state index in [2.05, 4.69) is 13.9 Å². The zero-order chi connectivity index (χ0) is 32.4. The first-order valence-electron chi connectivity index (χ1n) is 12.7. The molecule has 3 aliphatic heterocycles. The minimum Gasteiger partial charge on any atom is -0.394 e. The van der Waals surface area contributed by atoms with Gasteiger partial charge in [-0.15, -0.1) is 0 Å². The second-order valence-corrected chi connectivity index (χ2v) is 14.4. The van der Waals surface area contributed by atoms with Crippen LogP contribution in [0.2, 0.25) is 0 Å². The number of nitrogens with one attached hydrogen (secondary N) is 1. The summed E-state index contributed by atoms with van der Waals surface area (Å²) in [6.07, 6.45) is -3.41. The van der Waals surface area contributed by atoms with Gasteiger partial charge in [-0.2, -0.15) is 13.1 Å². The molecule has 0 bridgehead atoms. The number of unbranched alkanes of at least 4 members (excludes halogenated alkanes) is 1. The van der Waals surface area contributed by atoms with Gasteiger partial charge in [0.2, 0.25) is 18.2 Å². The van der Waals surface area contributed by atoms with Crippen molar-refractivity contribution in [3.05, 3.63) is 11.8 Å². The van der Waals surface area contributed by atoms with Crippen LogP contribution >= 0.6 is 23.5 Å². The molecule has 0 aromatic heterocycles. The van der Waals surface area contributed by atoms with Crippen LogP contribution in [0.3, 0.4) is 0 Å². The molecule has 5 unspecified atom stereocenters. The molecule has 0 aromatic rings. The van der Waals surface area contributed by atoms with Gasteiger partial charge in [-0.25, -0.2) is 28.3 Å². The molecule has 3 rings (SSSR count). The van der Waals surface area contributed by atoms with Crippen LogP contribution in [-0.4, -0.2) is 126 Å². The Morgan fingerprint density at radius 3 is 2.35 bits per heavy atom. The molecule has 2 saturated heterocycles. The first kappa shape index (κ1) is 36.4. The lowest BCUT2D eigenvalue weighted by Crippen LogP contribution is -2.74. The van der Waals surface area contributed by atoms with Crippen molar-refractivity contribution in [2.75, 3.05) is 39.4 Å². The molecule has 0 saturated carbocycles. The summed E-state index contributed by atoms with van der Waals surface area (Å²) in [7, 11) is -17.5. The van der Waals surface area contributed by atoms with Gasteiger partial charge < -0.3 is 45.4 Å². The predicted molar refractivity (Wildman–Crippen MR) is 138 cm³/mol. The highest BCUT2D eigenvalue weighted by Gasteiger charge is 2.62. The number of phosphoric ester groups is 1. The molecule has 3 heterocycles. The second kappa shape index (κ2) is 13.8. The molecule has 21 nitrogen and oxygen atoms in total. The van der Waals surface area contributed by atoms with Crippen LogP contribution in [-0.2, 0) is 41.1 Å². The first-order valence-corrected chi connectivity index (χ1v) is 17.3. The summed E-state index contributed by atoms with van der Waals surface area (Å²) in [6, 6.07) is -1.02. The van der Waals surface area contributed by atoms with Gasteiger partial charge in [-0.1, -0.05) is 0 Å². The Morgan fingerprint density at radius 2 is 1.79 bits per heavy atom. The number of phosphoric acid groups is 3. The van der Waals surface area contributed by atoms with Gasteiger partial charge in [0, 0.05) is 0 Å². The van der Waals surface area contributed by atoms with Gasteiger partial charge in [-0.05, 0) is 32.9 Å². The Hall–Kier alpha value is -1.03. The number of quaternary nitrogens is 1. The number of carbonyl (C=O) groups excluding carboxylic acids is 2. The number of amides is 3. The topological polar surface area (TPSA) is 314 Å². The van der Waals surface area contributed by atoms with Crippen molar-refractivity contribution < 1.29 is 85.3 Å². The number of aliphatic hydroxyl groups is 3. The third kappa shape index (κ3) is 8.82. The monoisotopic (exact) mass is 685 g/mol. The molecule has 24 heteroatoms. The number of carbonyl (C=O) groups is 2. The van der Waals surface area contributed by atoms with E-state index < -0.39 is 90.1 Å². The Bertz CT molecular complexity index is 1230. The molecule has 0 aliphatic carbocycles. The van der Waals surface area contributed by atoms with Crippen LogP contribution in [0.5, 0.6) is 0 Å². The molecule has 0 radical (unpaired) electrons. The summed E-state index contributed by atoms with van der Waals surface area (Å²) in [4.78, 5) is 65.0. The van der Waals surface area contributed by atoms with Crippen molar-refractivity contribution in [1.29, 1.82) is 0 Å². The molecular weight excluding hydrogens is 649 g/mol. The van der Waals surface area contributed by atoms with Crippen LogP contribution in [0, 0.1) is 0 Å². The minimum absolute atomic E-state index is 0.00326. The van der Waals surface area contributed by atoms with Crippen molar-refractivity contribution in [2.24, 2.45) is 5.73 Å². The lowest BCUT2D eigenvalue weighted by molar-refractivity contribution is -0.904. The van der Waals surface area contributed by atoms with E-state index in [9.17, 15) is 48.4 Å². The third-order valence-electron chi connectivity index (χ3n) is 6.77. The van der Waals surface area contributed by atoms with E-state index in [0.717, 1.165) is 0 Å². The molecule has 3 amide bonds. The number of aliphatic hydroxyl groups excluding tert-OH is 3. The first-order chi connectivity index (χ1) is 19.8. The van der Waals surface area contributed by atoms with Crippen molar-refractivity contribution in [1.82, 2.24) is 10.2 Å². The maximum atomic E-state index is 13.6. The number of nitrogens with zero attached hydrogens (tertiary/aromatic N) is 2. The Kier molecular flexibility index (Phi) is 11.7. The highest BCUT2D eigenvalue weighted by atomic mass is 31.3. The van der Waals surface area contributed by atoms with Crippen molar-refractivity contribution >= 4 is 35.4 Å². The van der Waals surface area contributed by atoms with Crippen LogP contribution in [0.25, 0.3) is 0 Å². The van der Waals surface area contributed by atoms with E-state index >= 15 is 0 Å². The van der Waals surface area contributed by atoms with E-state index in [1.807, 2.05) is 0 Å². The fourth-order valence-electron chi connectivity index (χ4n) is 4.98. The number of nitrogens with two attached hydrogens (primary N) is 1. The summed E-state index contributed by atoms with van der Waals surface area (Å²) >= 11 is 0. The normalized spacial score (nSPS) is 35.2. The number of hydrogen-bond acceptors (Lipinski definition) is 15. The number of rotatable bonds is 14. The zero-order valence-electron chi connectivity index (χ0n) is 22.8. The fourth-order valence-corrected chi connectivity index (χ4v) is 8.20. The van der Waals surface area contributed by atoms with Crippen molar-refractivity contribution in [3.8, 4) is 0 Å². The average Bonchev–Trinajstić information content (AvgIpc) is 3.24. The van der Waals surface area contributed by atoms with Gasteiger partial charge >= 0.3 is 29.5 Å². The second-order valence-electron chi connectivity index (χ2n) is 10.1. The van der Waals surface area contributed by atoms with Crippen LogP contribution in [0.1, 0.15) is 26.2 Å². The molecule has 0 aromatic carbocycles. The molecule has 10 N–H and O–H groups in total. The molecule has 3 aliphatic rings. The number of urea groups is 1.